The predicted molar refractivity (Wildman–Crippen MR) is 274 cm³/mol. The van der Waals surface area contributed by atoms with E-state index in [1.807, 2.05) is 24.3 Å². The van der Waals surface area contributed by atoms with Crippen LogP contribution in [0.3, 0.4) is 0 Å². The van der Waals surface area contributed by atoms with Gasteiger partial charge in [0, 0.05) is 19.3 Å². The standard InChI is InChI=1S/C58H96O6/c1-4-7-10-13-16-19-21-23-25-27-29-31-32-34-36-39-42-45-48-51-57(60)63-54-55(53-62-56(59)50-47-44-41-38-18-15-12-9-6-3)64-58(61)52-49-46-43-40-37-35-33-30-28-26-24-22-20-17-14-11-8-5-2/h11,14,16-17,19-24,26,28,30,33,38,41,55H,4-10,12-13,15,18,25,27,29,31-32,34-37,39-40,42-54H2,1-3H3/b14-11-,19-16-,20-17-,23-21-,24-22-,28-26-,33-30-,41-38-. The molecule has 364 valence electrons. The molecule has 0 saturated heterocycles. The zero-order valence-corrected chi connectivity index (χ0v) is 41.5. The Morgan fingerprint density at radius 1 is 0.312 bits per heavy atom. The van der Waals surface area contributed by atoms with Gasteiger partial charge in [0.2, 0.25) is 0 Å². The van der Waals surface area contributed by atoms with E-state index in [1.54, 1.807) is 0 Å². The minimum Gasteiger partial charge on any atom is -0.462 e. The molecule has 0 spiro atoms. The summed E-state index contributed by atoms with van der Waals surface area (Å²) in [4.78, 5) is 37.9. The van der Waals surface area contributed by atoms with Gasteiger partial charge in [0.1, 0.15) is 13.2 Å². The molecule has 1 atom stereocenters. The van der Waals surface area contributed by atoms with Gasteiger partial charge in [0.25, 0.3) is 0 Å². The number of hydrogen-bond donors (Lipinski definition) is 0. The number of ether oxygens (including phenoxy) is 3. The maximum absolute atomic E-state index is 12.8. The van der Waals surface area contributed by atoms with Gasteiger partial charge in [-0.15, -0.1) is 0 Å². The van der Waals surface area contributed by atoms with Crippen LogP contribution in [-0.4, -0.2) is 37.2 Å². The first-order valence-corrected chi connectivity index (χ1v) is 26.3. The predicted octanol–water partition coefficient (Wildman–Crippen LogP) is 17.4. The highest BCUT2D eigenvalue weighted by Gasteiger charge is 2.19. The Balaban J connectivity index is 4.40. The third-order valence-corrected chi connectivity index (χ3v) is 10.9. The van der Waals surface area contributed by atoms with Gasteiger partial charge in [-0.3, -0.25) is 14.4 Å². The Morgan fingerprint density at radius 3 is 1.09 bits per heavy atom. The van der Waals surface area contributed by atoms with Crippen molar-refractivity contribution in [1.29, 1.82) is 0 Å². The van der Waals surface area contributed by atoms with Crippen molar-refractivity contribution in [2.75, 3.05) is 13.2 Å². The SMILES string of the molecule is CCC\C=C/C=C\C=C/C=C\C=C/CCCCCCCC(=O)OC(COC(=O)CCC/C=C\CCCCCC)COC(=O)CCCCCCCCCCCC/C=C\C=C/CCCCC. The first kappa shape index (κ1) is 60.3. The Labute approximate surface area is 394 Å². The summed E-state index contributed by atoms with van der Waals surface area (Å²) in [7, 11) is 0. The molecular formula is C58H96O6. The number of esters is 3. The van der Waals surface area contributed by atoms with Crippen LogP contribution in [0, 0.1) is 0 Å². The number of allylic oxidation sites excluding steroid dienone is 16. The molecule has 0 rings (SSSR count). The van der Waals surface area contributed by atoms with Crippen molar-refractivity contribution in [1.82, 2.24) is 0 Å². The highest BCUT2D eigenvalue weighted by atomic mass is 16.6. The molecule has 0 bridgehead atoms. The van der Waals surface area contributed by atoms with E-state index in [4.69, 9.17) is 14.2 Å². The van der Waals surface area contributed by atoms with Gasteiger partial charge < -0.3 is 14.2 Å². The van der Waals surface area contributed by atoms with Crippen molar-refractivity contribution in [3.8, 4) is 0 Å². The van der Waals surface area contributed by atoms with Crippen molar-refractivity contribution in [3.63, 3.8) is 0 Å². The van der Waals surface area contributed by atoms with Gasteiger partial charge in [0.15, 0.2) is 6.10 Å². The summed E-state index contributed by atoms with van der Waals surface area (Å²) in [5, 5.41) is 0. The molecule has 0 aliphatic heterocycles. The van der Waals surface area contributed by atoms with Gasteiger partial charge >= 0.3 is 17.9 Å². The number of rotatable bonds is 46. The number of carbonyl (C=O) groups excluding carboxylic acids is 3. The molecule has 6 nitrogen and oxygen atoms in total. The van der Waals surface area contributed by atoms with Crippen molar-refractivity contribution < 1.29 is 28.6 Å². The Kier molecular flexibility index (Phi) is 49.0. The lowest BCUT2D eigenvalue weighted by atomic mass is 10.1. The molecule has 1 unspecified atom stereocenters. The zero-order valence-electron chi connectivity index (χ0n) is 41.5. The van der Waals surface area contributed by atoms with E-state index in [9.17, 15) is 14.4 Å². The molecule has 0 aliphatic carbocycles. The van der Waals surface area contributed by atoms with Crippen LogP contribution >= 0.6 is 0 Å². The average molecular weight is 889 g/mol. The van der Waals surface area contributed by atoms with E-state index in [0.717, 1.165) is 77.0 Å². The summed E-state index contributed by atoms with van der Waals surface area (Å²) in [5.41, 5.74) is 0. The number of hydrogen-bond acceptors (Lipinski definition) is 6. The molecule has 64 heavy (non-hydrogen) atoms. The summed E-state index contributed by atoms with van der Waals surface area (Å²) in [6.07, 6.45) is 68.2. The molecular weight excluding hydrogens is 793 g/mol. The summed E-state index contributed by atoms with van der Waals surface area (Å²) in [5.74, 6) is -0.968. The van der Waals surface area contributed by atoms with E-state index in [-0.39, 0.29) is 31.1 Å². The third kappa shape index (κ3) is 49.3. The van der Waals surface area contributed by atoms with E-state index < -0.39 is 6.10 Å². The minimum absolute atomic E-state index is 0.0994. The second-order valence-electron chi connectivity index (χ2n) is 17.2. The zero-order chi connectivity index (χ0) is 46.5. The van der Waals surface area contributed by atoms with Crippen LogP contribution in [0.15, 0.2) is 97.2 Å². The van der Waals surface area contributed by atoms with Gasteiger partial charge in [-0.05, 0) is 83.5 Å². The normalized spacial score (nSPS) is 12.9. The number of unbranched alkanes of at least 4 members (excludes halogenated alkanes) is 24. The monoisotopic (exact) mass is 889 g/mol. The van der Waals surface area contributed by atoms with E-state index >= 15 is 0 Å². The Morgan fingerprint density at radius 2 is 0.625 bits per heavy atom. The second-order valence-corrected chi connectivity index (χ2v) is 17.2. The van der Waals surface area contributed by atoms with Crippen LogP contribution in [0.2, 0.25) is 0 Å². The first-order chi connectivity index (χ1) is 31.5. The molecule has 0 aromatic heterocycles. The smallest absolute Gasteiger partial charge is 0.306 e. The van der Waals surface area contributed by atoms with E-state index in [0.29, 0.717) is 25.7 Å². The van der Waals surface area contributed by atoms with Crippen molar-refractivity contribution >= 4 is 17.9 Å². The summed E-state index contributed by atoms with van der Waals surface area (Å²) >= 11 is 0. The molecule has 0 aromatic carbocycles. The minimum atomic E-state index is -0.803. The second kappa shape index (κ2) is 52.0. The molecule has 0 radical (unpaired) electrons. The fourth-order valence-corrected chi connectivity index (χ4v) is 6.94. The quantitative estimate of drug-likeness (QED) is 0.0199. The van der Waals surface area contributed by atoms with Gasteiger partial charge in [-0.2, -0.15) is 0 Å². The largest absolute Gasteiger partial charge is 0.462 e. The lowest BCUT2D eigenvalue weighted by Gasteiger charge is -2.18. The summed E-state index contributed by atoms with van der Waals surface area (Å²) in [6.45, 7) is 6.43. The van der Waals surface area contributed by atoms with Crippen LogP contribution in [0.1, 0.15) is 233 Å². The molecule has 0 aliphatic rings. The molecule has 0 aromatic rings. The van der Waals surface area contributed by atoms with E-state index in [1.165, 1.54) is 109 Å². The fourth-order valence-electron chi connectivity index (χ4n) is 6.94. The maximum Gasteiger partial charge on any atom is 0.306 e. The van der Waals surface area contributed by atoms with Gasteiger partial charge in [0.05, 0.1) is 0 Å². The molecule has 6 heteroatoms. The van der Waals surface area contributed by atoms with Crippen molar-refractivity contribution in [2.24, 2.45) is 0 Å². The highest BCUT2D eigenvalue weighted by Crippen LogP contribution is 2.14. The molecule has 0 saturated carbocycles. The molecule has 0 amide bonds. The van der Waals surface area contributed by atoms with Crippen LogP contribution < -0.4 is 0 Å². The summed E-state index contributed by atoms with van der Waals surface area (Å²) in [6, 6.07) is 0. The Hall–Kier alpha value is -3.67. The average Bonchev–Trinajstić information content (AvgIpc) is 3.29. The Bertz CT molecular complexity index is 1300. The molecule has 0 N–H and O–H groups in total. The fraction of sp³-hybridized carbons (Fsp3) is 0.672. The third-order valence-electron chi connectivity index (χ3n) is 10.9. The maximum atomic E-state index is 12.8. The van der Waals surface area contributed by atoms with E-state index in [2.05, 4.69) is 93.7 Å². The van der Waals surface area contributed by atoms with Gasteiger partial charge in [-0.25, -0.2) is 0 Å². The molecule has 0 heterocycles. The van der Waals surface area contributed by atoms with Crippen LogP contribution in [0.25, 0.3) is 0 Å². The highest BCUT2D eigenvalue weighted by molar-refractivity contribution is 5.71. The van der Waals surface area contributed by atoms with Gasteiger partial charge in [-0.1, -0.05) is 227 Å². The lowest BCUT2D eigenvalue weighted by Crippen LogP contribution is -2.30. The topological polar surface area (TPSA) is 78.9 Å². The molecule has 0 fully saturated rings. The van der Waals surface area contributed by atoms with Crippen molar-refractivity contribution in [2.45, 2.75) is 239 Å². The first-order valence-electron chi connectivity index (χ1n) is 26.3. The van der Waals surface area contributed by atoms with Crippen LogP contribution in [0.4, 0.5) is 0 Å². The number of carbonyl (C=O) groups is 3. The van der Waals surface area contributed by atoms with Crippen LogP contribution in [-0.2, 0) is 28.6 Å². The lowest BCUT2D eigenvalue weighted by molar-refractivity contribution is -0.167. The summed E-state index contributed by atoms with van der Waals surface area (Å²) < 4.78 is 16.7. The van der Waals surface area contributed by atoms with Crippen molar-refractivity contribution in [3.05, 3.63) is 97.2 Å². The van der Waals surface area contributed by atoms with Crippen LogP contribution in [0.5, 0.6) is 0 Å².